The Balaban J connectivity index is 1.81. The van der Waals surface area contributed by atoms with Crippen molar-refractivity contribution in [3.63, 3.8) is 0 Å². The number of benzene rings is 2. The number of hydrogen-bond acceptors (Lipinski definition) is 5. The van der Waals surface area contributed by atoms with Crippen LogP contribution in [0.3, 0.4) is 0 Å². The zero-order valence-corrected chi connectivity index (χ0v) is 13.2. The Bertz CT molecular complexity index is 1040. The molecule has 4 nitrogen and oxygen atoms in total. The van der Waals surface area contributed by atoms with E-state index in [4.69, 9.17) is 4.52 Å². The number of fused-ring (bicyclic) bond motifs is 1. The van der Waals surface area contributed by atoms with Crippen LogP contribution in [0.15, 0.2) is 70.8 Å². The van der Waals surface area contributed by atoms with E-state index in [9.17, 15) is 9.59 Å². The van der Waals surface area contributed by atoms with Gasteiger partial charge in [-0.1, -0.05) is 53.7 Å². The minimum atomic E-state index is -0.303. The molecule has 0 bridgehead atoms. The van der Waals surface area contributed by atoms with Crippen molar-refractivity contribution in [1.82, 2.24) is 5.16 Å². The van der Waals surface area contributed by atoms with Gasteiger partial charge >= 0.3 is 0 Å². The zero-order valence-electron chi connectivity index (χ0n) is 12.4. The number of ketones is 2. The van der Waals surface area contributed by atoms with Gasteiger partial charge in [-0.05, 0) is 22.2 Å². The fourth-order valence-corrected chi connectivity index (χ4v) is 3.32. The van der Waals surface area contributed by atoms with E-state index in [2.05, 4.69) is 5.16 Å². The summed E-state index contributed by atoms with van der Waals surface area (Å²) >= 11 is 1.31. The first-order chi connectivity index (χ1) is 11.8. The number of carbonyl (C=O) groups excluding carboxylic acids is 2. The molecule has 0 aliphatic rings. The molecule has 116 valence electrons. The van der Waals surface area contributed by atoms with Crippen molar-refractivity contribution >= 4 is 33.7 Å². The Morgan fingerprint density at radius 3 is 2.54 bits per heavy atom. The molecule has 2 aromatic carbocycles. The minimum Gasteiger partial charge on any atom is -0.363 e. The molecule has 0 aliphatic heterocycles. The molecule has 0 aliphatic carbocycles. The van der Waals surface area contributed by atoms with Crippen LogP contribution in [0.2, 0.25) is 0 Å². The van der Waals surface area contributed by atoms with Crippen LogP contribution in [0.4, 0.5) is 0 Å². The third kappa shape index (κ3) is 2.35. The third-order valence-corrected chi connectivity index (χ3v) is 4.68. The molecule has 2 aromatic heterocycles. The summed E-state index contributed by atoms with van der Waals surface area (Å²) in [4.78, 5) is 26.0. The Morgan fingerprint density at radius 2 is 1.71 bits per heavy atom. The molecule has 0 atom stereocenters. The molecule has 0 saturated carbocycles. The van der Waals surface area contributed by atoms with Crippen molar-refractivity contribution in [3.05, 3.63) is 87.9 Å². The molecule has 2 heterocycles. The molecule has 0 saturated heterocycles. The van der Waals surface area contributed by atoms with Gasteiger partial charge in [-0.25, -0.2) is 0 Å². The van der Waals surface area contributed by atoms with Gasteiger partial charge in [-0.2, -0.15) is 0 Å². The second kappa shape index (κ2) is 5.86. The molecule has 0 amide bonds. The second-order valence-electron chi connectivity index (χ2n) is 5.24. The summed E-state index contributed by atoms with van der Waals surface area (Å²) in [5.74, 6) is -0.574. The van der Waals surface area contributed by atoms with Crippen LogP contribution in [0.1, 0.15) is 31.3 Å². The standard InChI is InChI=1S/C19H11NO3S/c21-18(14-8-3-6-12-5-1-2-7-13(12)14)15-11-23-20-17(15)19(22)16-9-4-10-24-16/h1-11H. The molecule has 0 radical (unpaired) electrons. The van der Waals surface area contributed by atoms with Crippen LogP contribution < -0.4 is 0 Å². The molecule has 0 fully saturated rings. The molecule has 24 heavy (non-hydrogen) atoms. The van der Waals surface area contributed by atoms with E-state index in [0.717, 1.165) is 10.8 Å². The van der Waals surface area contributed by atoms with E-state index >= 15 is 0 Å². The van der Waals surface area contributed by atoms with Crippen LogP contribution in [-0.2, 0) is 0 Å². The van der Waals surface area contributed by atoms with E-state index in [0.29, 0.717) is 10.4 Å². The molecule has 0 N–H and O–H groups in total. The Kier molecular flexibility index (Phi) is 3.55. The van der Waals surface area contributed by atoms with E-state index in [1.165, 1.54) is 17.6 Å². The lowest BCUT2D eigenvalue weighted by molar-refractivity contribution is 0.100. The van der Waals surface area contributed by atoms with E-state index < -0.39 is 0 Å². The van der Waals surface area contributed by atoms with Crippen LogP contribution in [0.25, 0.3) is 10.8 Å². The molecular formula is C19H11NO3S. The predicted molar refractivity (Wildman–Crippen MR) is 91.6 cm³/mol. The molecule has 5 heteroatoms. The summed E-state index contributed by atoms with van der Waals surface area (Å²) in [5.41, 5.74) is 0.761. The first-order valence-electron chi connectivity index (χ1n) is 7.31. The number of rotatable bonds is 4. The highest BCUT2D eigenvalue weighted by atomic mass is 32.1. The fourth-order valence-electron chi connectivity index (χ4n) is 2.65. The van der Waals surface area contributed by atoms with E-state index in [-0.39, 0.29) is 22.8 Å². The summed E-state index contributed by atoms with van der Waals surface area (Å²) < 4.78 is 4.93. The Morgan fingerprint density at radius 1 is 0.875 bits per heavy atom. The normalized spacial score (nSPS) is 10.8. The summed E-state index contributed by atoms with van der Waals surface area (Å²) in [6.07, 6.45) is 1.24. The average Bonchev–Trinajstić information content (AvgIpc) is 3.31. The highest BCUT2D eigenvalue weighted by Gasteiger charge is 2.25. The second-order valence-corrected chi connectivity index (χ2v) is 6.19. The lowest BCUT2D eigenvalue weighted by Gasteiger charge is -2.05. The minimum absolute atomic E-state index is 0.0513. The van der Waals surface area contributed by atoms with Crippen LogP contribution in [0.5, 0.6) is 0 Å². The SMILES string of the molecule is O=C(c1cccs1)c1nocc1C(=O)c1cccc2ccccc12. The van der Waals surface area contributed by atoms with Gasteiger partial charge in [0.05, 0.1) is 10.4 Å². The van der Waals surface area contributed by atoms with Gasteiger partial charge in [0.15, 0.2) is 11.5 Å². The van der Waals surface area contributed by atoms with Crippen molar-refractivity contribution < 1.29 is 14.1 Å². The number of aromatic nitrogens is 1. The summed E-state index contributed by atoms with van der Waals surface area (Å²) in [5, 5.41) is 7.36. The topological polar surface area (TPSA) is 60.2 Å². The number of nitrogens with zero attached hydrogens (tertiary/aromatic N) is 1. The van der Waals surface area contributed by atoms with Gasteiger partial charge in [0.1, 0.15) is 6.26 Å². The Hall–Kier alpha value is -3.05. The Labute approximate surface area is 141 Å². The first kappa shape index (κ1) is 14.5. The third-order valence-electron chi connectivity index (χ3n) is 3.81. The molecule has 4 rings (SSSR count). The van der Waals surface area contributed by atoms with E-state index in [1.54, 1.807) is 23.6 Å². The number of hydrogen-bond donors (Lipinski definition) is 0. The lowest BCUT2D eigenvalue weighted by Crippen LogP contribution is -2.09. The molecule has 0 spiro atoms. The summed E-state index contributed by atoms with van der Waals surface area (Å²) in [7, 11) is 0. The van der Waals surface area contributed by atoms with Gasteiger partial charge in [-0.15, -0.1) is 11.3 Å². The quantitative estimate of drug-likeness (QED) is 0.521. The van der Waals surface area contributed by atoms with Crippen molar-refractivity contribution in [2.45, 2.75) is 0 Å². The summed E-state index contributed by atoms with van der Waals surface area (Å²) in [6, 6.07) is 16.6. The largest absolute Gasteiger partial charge is 0.363 e. The lowest BCUT2D eigenvalue weighted by atomic mass is 9.96. The highest BCUT2D eigenvalue weighted by Crippen LogP contribution is 2.24. The maximum absolute atomic E-state index is 13.0. The van der Waals surface area contributed by atoms with Gasteiger partial charge in [0.25, 0.3) is 0 Å². The van der Waals surface area contributed by atoms with Gasteiger partial charge in [0.2, 0.25) is 5.78 Å². The fraction of sp³-hybridized carbons (Fsp3) is 0. The maximum Gasteiger partial charge on any atom is 0.225 e. The van der Waals surface area contributed by atoms with Gasteiger partial charge < -0.3 is 4.52 Å². The van der Waals surface area contributed by atoms with Crippen LogP contribution >= 0.6 is 11.3 Å². The first-order valence-corrected chi connectivity index (χ1v) is 8.18. The van der Waals surface area contributed by atoms with Crippen molar-refractivity contribution in [2.75, 3.05) is 0 Å². The smallest absolute Gasteiger partial charge is 0.225 e. The van der Waals surface area contributed by atoms with Crippen molar-refractivity contribution in [2.24, 2.45) is 0 Å². The highest BCUT2D eigenvalue weighted by molar-refractivity contribution is 7.12. The average molecular weight is 333 g/mol. The predicted octanol–water partition coefficient (Wildman–Crippen LogP) is 4.35. The van der Waals surface area contributed by atoms with Crippen LogP contribution in [0, 0.1) is 0 Å². The number of carbonyl (C=O) groups is 2. The van der Waals surface area contributed by atoms with Crippen molar-refractivity contribution in [1.29, 1.82) is 0 Å². The zero-order chi connectivity index (χ0) is 16.5. The molecule has 0 unspecified atom stereocenters. The van der Waals surface area contributed by atoms with Gasteiger partial charge in [0, 0.05) is 5.56 Å². The number of thiophene rings is 1. The van der Waals surface area contributed by atoms with E-state index in [1.807, 2.05) is 36.4 Å². The van der Waals surface area contributed by atoms with Gasteiger partial charge in [-0.3, -0.25) is 9.59 Å². The maximum atomic E-state index is 13.0. The van der Waals surface area contributed by atoms with Crippen molar-refractivity contribution in [3.8, 4) is 0 Å². The van der Waals surface area contributed by atoms with Crippen LogP contribution in [-0.4, -0.2) is 16.7 Å². The summed E-state index contributed by atoms with van der Waals surface area (Å²) in [6.45, 7) is 0. The molecule has 4 aromatic rings. The monoisotopic (exact) mass is 333 g/mol. The molecular weight excluding hydrogens is 322 g/mol.